The number of anilines is 1. The smallest absolute Gasteiger partial charge is 0.337 e. The van der Waals surface area contributed by atoms with Gasteiger partial charge in [0.25, 0.3) is 5.91 Å². The number of esters is 1. The van der Waals surface area contributed by atoms with Crippen LogP contribution in [0.15, 0.2) is 47.4 Å². The Morgan fingerprint density at radius 2 is 1.88 bits per heavy atom. The first-order valence-electron chi connectivity index (χ1n) is 7.32. The number of halogens is 2. The van der Waals surface area contributed by atoms with Crippen LogP contribution in [0.5, 0.6) is 0 Å². The second-order valence-corrected chi connectivity index (χ2v) is 7.75. The van der Waals surface area contributed by atoms with E-state index in [-0.39, 0.29) is 5.91 Å². The van der Waals surface area contributed by atoms with E-state index < -0.39 is 5.97 Å². The molecule has 1 fully saturated rings. The minimum Gasteiger partial charge on any atom is -0.465 e. The van der Waals surface area contributed by atoms with Crippen LogP contribution in [0.4, 0.5) is 5.69 Å². The topological polar surface area (TPSA) is 46.6 Å². The largest absolute Gasteiger partial charge is 0.465 e. The van der Waals surface area contributed by atoms with Crippen molar-refractivity contribution in [3.05, 3.63) is 68.5 Å². The Hall–Kier alpha value is -1.86. The quantitative estimate of drug-likeness (QED) is 0.386. The van der Waals surface area contributed by atoms with E-state index in [4.69, 9.17) is 35.4 Å². The third kappa shape index (κ3) is 3.78. The third-order valence-corrected chi connectivity index (χ3v) is 5.41. The zero-order valence-corrected chi connectivity index (χ0v) is 16.5. The standard InChI is InChI=1S/C18H11Cl2NO3S2/c1-24-17(23)11-4-2-10(3-5-11)8-15-16(22)21(18(25)26-15)14-7-6-12(19)9-13(14)20/h2-9H,1H3/b15-8-. The maximum atomic E-state index is 12.8. The van der Waals surface area contributed by atoms with Crippen LogP contribution >= 0.6 is 47.2 Å². The van der Waals surface area contributed by atoms with E-state index in [1.807, 2.05) is 0 Å². The molecule has 132 valence electrons. The zero-order chi connectivity index (χ0) is 18.8. The van der Waals surface area contributed by atoms with Crippen LogP contribution in [-0.4, -0.2) is 23.3 Å². The van der Waals surface area contributed by atoms with Crippen LogP contribution < -0.4 is 4.90 Å². The van der Waals surface area contributed by atoms with E-state index >= 15 is 0 Å². The molecule has 8 heteroatoms. The molecule has 1 aliphatic heterocycles. The van der Waals surface area contributed by atoms with Crippen molar-refractivity contribution in [2.45, 2.75) is 0 Å². The van der Waals surface area contributed by atoms with Gasteiger partial charge in [0.15, 0.2) is 4.32 Å². The summed E-state index contributed by atoms with van der Waals surface area (Å²) in [5.74, 6) is -0.679. The highest BCUT2D eigenvalue weighted by molar-refractivity contribution is 8.27. The minimum atomic E-state index is -0.416. The monoisotopic (exact) mass is 423 g/mol. The number of hydrogen-bond donors (Lipinski definition) is 0. The lowest BCUT2D eigenvalue weighted by Crippen LogP contribution is -2.27. The fourth-order valence-corrected chi connectivity index (χ4v) is 4.10. The lowest BCUT2D eigenvalue weighted by Gasteiger charge is -2.16. The highest BCUT2D eigenvalue weighted by atomic mass is 35.5. The Labute approximate surface area is 169 Å². The molecule has 1 saturated heterocycles. The van der Waals surface area contributed by atoms with Crippen LogP contribution in [0.3, 0.4) is 0 Å². The molecule has 0 aliphatic carbocycles. The number of rotatable bonds is 3. The summed E-state index contributed by atoms with van der Waals surface area (Å²) in [6, 6.07) is 11.6. The van der Waals surface area contributed by atoms with Gasteiger partial charge in [-0.1, -0.05) is 59.3 Å². The molecular weight excluding hydrogens is 413 g/mol. The molecule has 1 amide bonds. The first kappa shape index (κ1) is 18.9. The van der Waals surface area contributed by atoms with Crippen molar-refractivity contribution >= 4 is 75.1 Å². The van der Waals surface area contributed by atoms with Crippen LogP contribution in [0.2, 0.25) is 10.0 Å². The number of benzene rings is 2. The van der Waals surface area contributed by atoms with Crippen molar-refractivity contribution in [1.29, 1.82) is 0 Å². The summed E-state index contributed by atoms with van der Waals surface area (Å²) in [6.45, 7) is 0. The van der Waals surface area contributed by atoms with Crippen LogP contribution in [0.1, 0.15) is 15.9 Å². The Morgan fingerprint density at radius 1 is 1.19 bits per heavy atom. The molecule has 2 aromatic rings. The molecule has 0 unspecified atom stereocenters. The number of methoxy groups -OCH3 is 1. The van der Waals surface area contributed by atoms with Gasteiger partial charge in [-0.2, -0.15) is 0 Å². The summed E-state index contributed by atoms with van der Waals surface area (Å²) in [5.41, 5.74) is 1.69. The molecule has 1 aliphatic rings. The Kier molecular flexibility index (Phi) is 5.67. The normalized spacial score (nSPS) is 15.7. The minimum absolute atomic E-state index is 0.263. The van der Waals surface area contributed by atoms with Gasteiger partial charge in [-0.05, 0) is 42.0 Å². The van der Waals surface area contributed by atoms with Crippen molar-refractivity contribution in [2.24, 2.45) is 0 Å². The van der Waals surface area contributed by atoms with Gasteiger partial charge in [0, 0.05) is 5.02 Å². The van der Waals surface area contributed by atoms with Crippen molar-refractivity contribution < 1.29 is 14.3 Å². The van der Waals surface area contributed by atoms with E-state index in [0.717, 1.165) is 5.56 Å². The number of amides is 1. The molecule has 0 spiro atoms. The molecule has 2 aromatic carbocycles. The molecule has 0 aromatic heterocycles. The second kappa shape index (κ2) is 7.80. The van der Waals surface area contributed by atoms with Crippen molar-refractivity contribution in [1.82, 2.24) is 0 Å². The highest BCUT2D eigenvalue weighted by Crippen LogP contribution is 2.39. The van der Waals surface area contributed by atoms with Crippen molar-refractivity contribution in [2.75, 3.05) is 12.0 Å². The Balaban J connectivity index is 1.88. The van der Waals surface area contributed by atoms with Gasteiger partial charge >= 0.3 is 5.97 Å². The molecule has 0 atom stereocenters. The Bertz CT molecular complexity index is 942. The maximum Gasteiger partial charge on any atom is 0.337 e. The lowest BCUT2D eigenvalue weighted by molar-refractivity contribution is -0.113. The summed E-state index contributed by atoms with van der Waals surface area (Å²) in [7, 11) is 1.32. The summed E-state index contributed by atoms with van der Waals surface area (Å²) in [4.78, 5) is 26.1. The first-order chi connectivity index (χ1) is 12.4. The molecule has 0 N–H and O–H groups in total. The van der Waals surface area contributed by atoms with Crippen molar-refractivity contribution in [3.63, 3.8) is 0 Å². The SMILES string of the molecule is COC(=O)c1ccc(/C=C2\SC(=S)N(c3ccc(Cl)cc3Cl)C2=O)cc1. The highest BCUT2D eigenvalue weighted by Gasteiger charge is 2.34. The van der Waals surface area contributed by atoms with E-state index in [9.17, 15) is 9.59 Å². The second-order valence-electron chi connectivity index (χ2n) is 5.23. The van der Waals surface area contributed by atoms with Gasteiger partial charge in [0.1, 0.15) is 0 Å². The van der Waals surface area contributed by atoms with Gasteiger partial charge in [0.2, 0.25) is 0 Å². The summed E-state index contributed by atoms with van der Waals surface area (Å²) in [6.07, 6.45) is 1.71. The maximum absolute atomic E-state index is 12.8. The number of thiocarbonyl (C=S) groups is 1. The fourth-order valence-electron chi connectivity index (χ4n) is 2.32. The number of ether oxygens (including phenoxy) is 1. The zero-order valence-electron chi connectivity index (χ0n) is 13.4. The van der Waals surface area contributed by atoms with Crippen LogP contribution in [-0.2, 0) is 9.53 Å². The van der Waals surface area contributed by atoms with Gasteiger partial charge in [-0.25, -0.2) is 4.79 Å². The van der Waals surface area contributed by atoms with Gasteiger partial charge < -0.3 is 4.74 Å². The van der Waals surface area contributed by atoms with E-state index in [2.05, 4.69) is 4.74 Å². The van der Waals surface area contributed by atoms with E-state index in [1.165, 1.54) is 23.8 Å². The molecule has 3 rings (SSSR count). The fraction of sp³-hybridized carbons (Fsp3) is 0.0556. The molecule has 0 bridgehead atoms. The number of carbonyl (C=O) groups excluding carboxylic acids is 2. The molecule has 4 nitrogen and oxygen atoms in total. The number of thioether (sulfide) groups is 1. The average Bonchev–Trinajstić information content (AvgIpc) is 2.89. The van der Waals surface area contributed by atoms with Crippen LogP contribution in [0, 0.1) is 0 Å². The average molecular weight is 424 g/mol. The van der Waals surface area contributed by atoms with Crippen LogP contribution in [0.25, 0.3) is 6.08 Å². The van der Waals surface area contributed by atoms with E-state index in [1.54, 1.807) is 48.5 Å². The molecule has 26 heavy (non-hydrogen) atoms. The number of nitrogens with zero attached hydrogens (tertiary/aromatic N) is 1. The molecular formula is C18H11Cl2NO3S2. The van der Waals surface area contributed by atoms with Gasteiger partial charge in [0.05, 0.1) is 28.3 Å². The summed E-state index contributed by atoms with van der Waals surface area (Å²) >= 11 is 18.6. The van der Waals surface area contributed by atoms with Gasteiger partial charge in [-0.15, -0.1) is 0 Å². The predicted octanol–water partition coefficient (Wildman–Crippen LogP) is 5.19. The molecule has 1 heterocycles. The van der Waals surface area contributed by atoms with Gasteiger partial charge in [-0.3, -0.25) is 9.69 Å². The third-order valence-electron chi connectivity index (χ3n) is 3.57. The molecule has 0 radical (unpaired) electrons. The summed E-state index contributed by atoms with van der Waals surface area (Å²) in [5, 5.41) is 0.822. The molecule has 0 saturated carbocycles. The van der Waals surface area contributed by atoms with E-state index in [0.29, 0.717) is 30.5 Å². The Morgan fingerprint density at radius 3 is 2.50 bits per heavy atom. The summed E-state index contributed by atoms with van der Waals surface area (Å²) < 4.78 is 5.05. The number of hydrogen-bond acceptors (Lipinski definition) is 5. The first-order valence-corrected chi connectivity index (χ1v) is 9.30. The predicted molar refractivity (Wildman–Crippen MR) is 110 cm³/mol. The number of carbonyl (C=O) groups is 2. The van der Waals surface area contributed by atoms with Crippen molar-refractivity contribution in [3.8, 4) is 0 Å². The lowest BCUT2D eigenvalue weighted by atomic mass is 10.1.